The van der Waals surface area contributed by atoms with E-state index in [0.29, 0.717) is 19.7 Å². The van der Waals surface area contributed by atoms with Gasteiger partial charge in [-0.15, -0.1) is 0 Å². The van der Waals surface area contributed by atoms with Crippen molar-refractivity contribution in [3.05, 3.63) is 71.3 Å². The van der Waals surface area contributed by atoms with Crippen molar-refractivity contribution in [2.45, 2.75) is 31.4 Å². The molecule has 0 saturated heterocycles. The third-order valence-electron chi connectivity index (χ3n) is 4.68. The molecule has 1 fully saturated rings. The fourth-order valence-electron chi connectivity index (χ4n) is 3.02. The van der Waals surface area contributed by atoms with Crippen molar-refractivity contribution in [1.29, 1.82) is 0 Å². The van der Waals surface area contributed by atoms with Crippen molar-refractivity contribution >= 4 is 6.03 Å². The predicted molar refractivity (Wildman–Crippen MR) is 94.7 cm³/mol. The molecule has 0 bridgehead atoms. The summed E-state index contributed by atoms with van der Waals surface area (Å²) in [6.45, 7) is 1.74. The molecule has 3 rings (SSSR count). The lowest BCUT2D eigenvalue weighted by Gasteiger charge is -2.17. The molecule has 126 valence electrons. The largest absolute Gasteiger partial charge is 0.380 e. The van der Waals surface area contributed by atoms with Gasteiger partial charge in [-0.25, -0.2) is 4.79 Å². The first-order valence-corrected chi connectivity index (χ1v) is 8.36. The monoisotopic (exact) mass is 324 g/mol. The number of amides is 2. The summed E-state index contributed by atoms with van der Waals surface area (Å²) in [5, 5.41) is 5.97. The van der Waals surface area contributed by atoms with Crippen LogP contribution in [0.25, 0.3) is 0 Å². The van der Waals surface area contributed by atoms with E-state index in [1.54, 1.807) is 7.11 Å². The molecule has 1 saturated carbocycles. The van der Waals surface area contributed by atoms with Crippen molar-refractivity contribution in [3.63, 3.8) is 0 Å². The molecule has 4 heteroatoms. The van der Waals surface area contributed by atoms with Crippen LogP contribution >= 0.6 is 0 Å². The molecule has 2 aromatic rings. The van der Waals surface area contributed by atoms with Crippen LogP contribution in [-0.2, 0) is 23.3 Å². The van der Waals surface area contributed by atoms with Gasteiger partial charge < -0.3 is 15.4 Å². The van der Waals surface area contributed by atoms with Gasteiger partial charge in [0.1, 0.15) is 0 Å². The van der Waals surface area contributed by atoms with E-state index in [2.05, 4.69) is 34.9 Å². The van der Waals surface area contributed by atoms with Crippen LogP contribution < -0.4 is 10.6 Å². The van der Waals surface area contributed by atoms with E-state index in [0.717, 1.165) is 24.0 Å². The highest BCUT2D eigenvalue weighted by Gasteiger charge is 2.44. The number of carbonyl (C=O) groups excluding carboxylic acids is 1. The molecule has 1 aliphatic rings. The lowest BCUT2D eigenvalue weighted by molar-refractivity contribution is 0.184. The van der Waals surface area contributed by atoms with Crippen LogP contribution in [0.1, 0.15) is 29.5 Å². The predicted octanol–water partition coefficient (Wildman–Crippen LogP) is 3.36. The molecule has 2 amide bonds. The van der Waals surface area contributed by atoms with Gasteiger partial charge in [0.25, 0.3) is 0 Å². The molecule has 0 radical (unpaired) electrons. The summed E-state index contributed by atoms with van der Waals surface area (Å²) < 4.78 is 5.20. The van der Waals surface area contributed by atoms with E-state index in [4.69, 9.17) is 4.74 Å². The van der Waals surface area contributed by atoms with Crippen molar-refractivity contribution in [2.75, 3.05) is 13.7 Å². The van der Waals surface area contributed by atoms with Gasteiger partial charge in [-0.3, -0.25) is 0 Å². The van der Waals surface area contributed by atoms with Gasteiger partial charge in [0.05, 0.1) is 6.61 Å². The molecular formula is C20H24N2O2. The Bertz CT molecular complexity index is 681. The van der Waals surface area contributed by atoms with E-state index in [1.165, 1.54) is 5.56 Å². The zero-order valence-corrected chi connectivity index (χ0v) is 14.0. The molecule has 0 heterocycles. The molecule has 24 heavy (non-hydrogen) atoms. The maximum Gasteiger partial charge on any atom is 0.315 e. The van der Waals surface area contributed by atoms with E-state index in [9.17, 15) is 4.79 Å². The molecule has 0 aliphatic heterocycles. The number of nitrogens with one attached hydrogen (secondary N) is 2. The Balaban J connectivity index is 1.50. The molecule has 0 aromatic heterocycles. The number of hydrogen-bond donors (Lipinski definition) is 2. The molecule has 2 N–H and O–H groups in total. The second kappa shape index (κ2) is 7.49. The molecule has 0 atom stereocenters. The van der Waals surface area contributed by atoms with E-state index >= 15 is 0 Å². The lowest BCUT2D eigenvalue weighted by atomic mass is 9.96. The van der Waals surface area contributed by atoms with Crippen LogP contribution in [-0.4, -0.2) is 19.7 Å². The van der Waals surface area contributed by atoms with E-state index in [-0.39, 0.29) is 11.4 Å². The average Bonchev–Trinajstić information content (AvgIpc) is 3.41. The lowest BCUT2D eigenvalue weighted by Crippen LogP contribution is -2.39. The van der Waals surface area contributed by atoms with Crippen LogP contribution in [0.4, 0.5) is 4.79 Å². The van der Waals surface area contributed by atoms with Gasteiger partial charge in [-0.2, -0.15) is 0 Å². The van der Waals surface area contributed by atoms with Gasteiger partial charge >= 0.3 is 6.03 Å². The first-order chi connectivity index (χ1) is 11.7. The van der Waals surface area contributed by atoms with Gasteiger partial charge in [0.15, 0.2) is 0 Å². The molecular weight excluding hydrogens is 300 g/mol. The second-order valence-corrected chi connectivity index (χ2v) is 6.38. The zero-order chi connectivity index (χ0) is 16.8. The molecule has 0 spiro atoms. The second-order valence-electron chi connectivity index (χ2n) is 6.38. The fraction of sp³-hybridized carbons (Fsp3) is 0.350. The molecule has 0 unspecified atom stereocenters. The minimum atomic E-state index is -0.121. The fourth-order valence-corrected chi connectivity index (χ4v) is 3.02. The number of hydrogen-bond acceptors (Lipinski definition) is 2. The van der Waals surface area contributed by atoms with Crippen molar-refractivity contribution in [2.24, 2.45) is 0 Å². The summed E-state index contributed by atoms with van der Waals surface area (Å²) in [5.41, 5.74) is 3.63. The quantitative estimate of drug-likeness (QED) is 0.820. The van der Waals surface area contributed by atoms with E-state index < -0.39 is 0 Å². The minimum absolute atomic E-state index is 0.121. The third kappa shape index (κ3) is 3.95. The van der Waals surface area contributed by atoms with Crippen LogP contribution in [0.15, 0.2) is 54.6 Å². The third-order valence-corrected chi connectivity index (χ3v) is 4.68. The highest BCUT2D eigenvalue weighted by molar-refractivity contribution is 5.74. The Labute approximate surface area is 143 Å². The maximum atomic E-state index is 12.1. The summed E-state index contributed by atoms with van der Waals surface area (Å²) in [4.78, 5) is 12.1. The van der Waals surface area contributed by atoms with Gasteiger partial charge in [0, 0.05) is 25.6 Å². The number of ether oxygens (including phenoxy) is 1. The Morgan fingerprint density at radius 3 is 2.33 bits per heavy atom. The normalized spacial score (nSPS) is 14.9. The van der Waals surface area contributed by atoms with Crippen molar-refractivity contribution in [1.82, 2.24) is 10.6 Å². The minimum Gasteiger partial charge on any atom is -0.380 e. The highest BCUT2D eigenvalue weighted by atomic mass is 16.5. The number of urea groups is 1. The SMILES string of the molecule is COCc1ccccc1CNC(=O)NCC1(c2ccccc2)CC1. The number of methoxy groups -OCH3 is 1. The molecule has 2 aromatic carbocycles. The summed E-state index contributed by atoms with van der Waals surface area (Å²) in [6.07, 6.45) is 2.27. The highest BCUT2D eigenvalue weighted by Crippen LogP contribution is 2.47. The van der Waals surface area contributed by atoms with Crippen LogP contribution in [0.2, 0.25) is 0 Å². The van der Waals surface area contributed by atoms with Gasteiger partial charge in [0.2, 0.25) is 0 Å². The van der Waals surface area contributed by atoms with Crippen LogP contribution in [0.5, 0.6) is 0 Å². The smallest absolute Gasteiger partial charge is 0.315 e. The number of rotatable bonds is 7. The summed E-state index contributed by atoms with van der Waals surface area (Å²) in [7, 11) is 1.68. The zero-order valence-electron chi connectivity index (χ0n) is 14.0. The first-order valence-electron chi connectivity index (χ1n) is 8.36. The summed E-state index contributed by atoms with van der Waals surface area (Å²) in [5.74, 6) is 0. The Kier molecular flexibility index (Phi) is 5.16. The Morgan fingerprint density at radius 2 is 1.67 bits per heavy atom. The van der Waals surface area contributed by atoms with Gasteiger partial charge in [-0.05, 0) is 29.5 Å². The summed E-state index contributed by atoms with van der Waals surface area (Å²) in [6, 6.07) is 18.3. The van der Waals surface area contributed by atoms with Crippen molar-refractivity contribution in [3.8, 4) is 0 Å². The first kappa shape index (κ1) is 16.5. The summed E-state index contributed by atoms with van der Waals surface area (Å²) >= 11 is 0. The Hall–Kier alpha value is -2.33. The Morgan fingerprint density at radius 1 is 1.00 bits per heavy atom. The van der Waals surface area contributed by atoms with E-state index in [1.807, 2.05) is 30.3 Å². The maximum absolute atomic E-state index is 12.1. The standard InChI is InChI=1S/C20H24N2O2/c1-24-14-17-8-6-5-7-16(17)13-21-19(23)22-15-20(11-12-20)18-9-3-2-4-10-18/h2-10H,11-15H2,1H3,(H2,21,22,23). The number of carbonyl (C=O) groups is 1. The van der Waals surface area contributed by atoms with Crippen LogP contribution in [0.3, 0.4) is 0 Å². The molecule has 1 aliphatic carbocycles. The van der Waals surface area contributed by atoms with Crippen molar-refractivity contribution < 1.29 is 9.53 Å². The topological polar surface area (TPSA) is 50.4 Å². The number of benzene rings is 2. The average molecular weight is 324 g/mol. The van der Waals surface area contributed by atoms with Gasteiger partial charge in [-0.1, -0.05) is 54.6 Å². The molecule has 4 nitrogen and oxygen atoms in total. The van der Waals surface area contributed by atoms with Crippen LogP contribution in [0, 0.1) is 0 Å².